The number of hydrogen-bond donors (Lipinski definition) is 0. The summed E-state index contributed by atoms with van der Waals surface area (Å²) in [6.07, 6.45) is 1.58. The third kappa shape index (κ3) is 2.34. The molecule has 1 aliphatic rings. The first kappa shape index (κ1) is 13.6. The molecule has 0 bridgehead atoms. The number of amides is 1. The Labute approximate surface area is 112 Å². The molecule has 1 saturated heterocycles. The molecule has 2 atom stereocenters. The van der Waals surface area contributed by atoms with Gasteiger partial charge in [-0.3, -0.25) is 14.3 Å². The number of rotatable bonds is 2. The van der Waals surface area contributed by atoms with Crippen molar-refractivity contribution in [3.05, 3.63) is 17.5 Å². The molecule has 2 rings (SSSR count). The Bertz CT molecular complexity index is 509. The highest BCUT2D eigenvalue weighted by molar-refractivity contribution is 5.95. The van der Waals surface area contributed by atoms with Gasteiger partial charge in [-0.1, -0.05) is 6.92 Å². The number of nitrogens with zero attached hydrogens (tertiary/aromatic N) is 3. The van der Waals surface area contributed by atoms with Crippen LogP contribution in [0.4, 0.5) is 0 Å². The van der Waals surface area contributed by atoms with Crippen molar-refractivity contribution in [3.63, 3.8) is 0 Å². The lowest BCUT2D eigenvalue weighted by molar-refractivity contribution is -0.146. The quantitative estimate of drug-likeness (QED) is 0.735. The molecule has 1 aliphatic heterocycles. The van der Waals surface area contributed by atoms with Gasteiger partial charge >= 0.3 is 5.97 Å². The second-order valence-electron chi connectivity index (χ2n) is 5.08. The van der Waals surface area contributed by atoms with Gasteiger partial charge in [0.05, 0.1) is 24.8 Å². The number of esters is 1. The van der Waals surface area contributed by atoms with Crippen LogP contribution in [0.2, 0.25) is 0 Å². The van der Waals surface area contributed by atoms with E-state index in [4.69, 9.17) is 4.74 Å². The van der Waals surface area contributed by atoms with E-state index in [1.54, 1.807) is 22.8 Å². The van der Waals surface area contributed by atoms with Gasteiger partial charge in [0, 0.05) is 25.8 Å². The smallest absolute Gasteiger partial charge is 0.310 e. The Hall–Kier alpha value is -1.85. The molecule has 19 heavy (non-hydrogen) atoms. The number of carbonyl (C=O) groups excluding carboxylic acids is 2. The van der Waals surface area contributed by atoms with Gasteiger partial charge in [-0.05, 0) is 12.8 Å². The summed E-state index contributed by atoms with van der Waals surface area (Å²) in [7, 11) is 3.18. The van der Waals surface area contributed by atoms with E-state index >= 15 is 0 Å². The van der Waals surface area contributed by atoms with Gasteiger partial charge in [0.15, 0.2) is 0 Å². The van der Waals surface area contributed by atoms with Gasteiger partial charge in [0.25, 0.3) is 5.91 Å². The zero-order valence-electron chi connectivity index (χ0n) is 11.7. The molecule has 1 amide bonds. The van der Waals surface area contributed by atoms with Crippen LogP contribution in [0.1, 0.15) is 23.0 Å². The maximum Gasteiger partial charge on any atom is 0.310 e. The highest BCUT2D eigenvalue weighted by Gasteiger charge is 2.38. The second kappa shape index (κ2) is 5.03. The van der Waals surface area contributed by atoms with E-state index in [1.807, 2.05) is 13.8 Å². The number of ether oxygens (including phenoxy) is 1. The highest BCUT2D eigenvalue weighted by atomic mass is 16.5. The van der Waals surface area contributed by atoms with Gasteiger partial charge in [-0.2, -0.15) is 5.10 Å². The molecule has 1 aromatic heterocycles. The average molecular weight is 265 g/mol. The highest BCUT2D eigenvalue weighted by Crippen LogP contribution is 2.26. The molecule has 0 aromatic carbocycles. The van der Waals surface area contributed by atoms with Crippen molar-refractivity contribution in [2.24, 2.45) is 18.9 Å². The standard InChI is InChI=1S/C13H19N3O3/c1-8-6-16(7-11(8)13(18)19-4)12(17)10-5-14-15(3)9(10)2/h5,8,11H,6-7H2,1-4H3. The third-order valence-corrected chi connectivity index (χ3v) is 3.87. The lowest BCUT2D eigenvalue weighted by Gasteiger charge is -2.15. The van der Waals surface area contributed by atoms with Crippen LogP contribution in [0, 0.1) is 18.8 Å². The number of likely N-dealkylation sites (tertiary alicyclic amines) is 1. The number of aromatic nitrogens is 2. The predicted molar refractivity (Wildman–Crippen MR) is 68.5 cm³/mol. The zero-order valence-corrected chi connectivity index (χ0v) is 11.7. The van der Waals surface area contributed by atoms with E-state index in [9.17, 15) is 9.59 Å². The van der Waals surface area contributed by atoms with Crippen LogP contribution in [-0.2, 0) is 16.6 Å². The van der Waals surface area contributed by atoms with E-state index in [0.29, 0.717) is 18.7 Å². The number of hydrogen-bond acceptors (Lipinski definition) is 4. The van der Waals surface area contributed by atoms with Crippen LogP contribution in [0.25, 0.3) is 0 Å². The first-order valence-corrected chi connectivity index (χ1v) is 6.31. The molecule has 2 heterocycles. The Morgan fingerprint density at radius 2 is 2.11 bits per heavy atom. The molecule has 2 unspecified atom stereocenters. The molecule has 0 N–H and O–H groups in total. The first-order chi connectivity index (χ1) is 8.95. The fourth-order valence-corrected chi connectivity index (χ4v) is 2.47. The summed E-state index contributed by atoms with van der Waals surface area (Å²) in [6.45, 7) is 4.82. The topological polar surface area (TPSA) is 64.4 Å². The lowest BCUT2D eigenvalue weighted by atomic mass is 9.99. The molecule has 0 aliphatic carbocycles. The van der Waals surface area contributed by atoms with Crippen LogP contribution >= 0.6 is 0 Å². The Kier molecular flexibility index (Phi) is 3.59. The lowest BCUT2D eigenvalue weighted by Crippen LogP contribution is -2.30. The second-order valence-corrected chi connectivity index (χ2v) is 5.08. The van der Waals surface area contributed by atoms with E-state index in [-0.39, 0.29) is 23.7 Å². The van der Waals surface area contributed by atoms with E-state index in [1.165, 1.54) is 7.11 Å². The van der Waals surface area contributed by atoms with Crippen LogP contribution < -0.4 is 0 Å². The van der Waals surface area contributed by atoms with E-state index < -0.39 is 0 Å². The molecule has 0 saturated carbocycles. The molecule has 0 radical (unpaired) electrons. The van der Waals surface area contributed by atoms with Crippen molar-refractivity contribution in [2.45, 2.75) is 13.8 Å². The Morgan fingerprint density at radius 3 is 2.63 bits per heavy atom. The molecule has 0 spiro atoms. The molecule has 104 valence electrons. The predicted octanol–water partition coefficient (Wildman–Crippen LogP) is 0.610. The van der Waals surface area contributed by atoms with Crippen LogP contribution in [0.15, 0.2) is 6.20 Å². The number of methoxy groups -OCH3 is 1. The average Bonchev–Trinajstić information content (AvgIpc) is 2.93. The summed E-state index contributed by atoms with van der Waals surface area (Å²) in [6, 6.07) is 0. The fourth-order valence-electron chi connectivity index (χ4n) is 2.47. The summed E-state index contributed by atoms with van der Waals surface area (Å²) in [5, 5.41) is 4.08. The summed E-state index contributed by atoms with van der Waals surface area (Å²) in [5.74, 6) is -0.422. The fraction of sp³-hybridized carbons (Fsp3) is 0.615. The van der Waals surface area contributed by atoms with Gasteiger partial charge in [0.2, 0.25) is 0 Å². The minimum Gasteiger partial charge on any atom is -0.469 e. The summed E-state index contributed by atoms with van der Waals surface area (Å²) in [5.41, 5.74) is 1.43. The van der Waals surface area contributed by atoms with Gasteiger partial charge < -0.3 is 9.64 Å². The summed E-state index contributed by atoms with van der Waals surface area (Å²) < 4.78 is 6.44. The van der Waals surface area contributed by atoms with Crippen LogP contribution in [-0.4, -0.2) is 46.8 Å². The SMILES string of the molecule is COC(=O)C1CN(C(=O)c2cnn(C)c2C)CC1C. The van der Waals surface area contributed by atoms with Crippen molar-refractivity contribution in [3.8, 4) is 0 Å². The molecule has 6 nitrogen and oxygen atoms in total. The third-order valence-electron chi connectivity index (χ3n) is 3.87. The summed E-state index contributed by atoms with van der Waals surface area (Å²) >= 11 is 0. The van der Waals surface area contributed by atoms with Crippen LogP contribution in [0.5, 0.6) is 0 Å². The monoisotopic (exact) mass is 265 g/mol. The van der Waals surface area contributed by atoms with Gasteiger partial charge in [-0.25, -0.2) is 0 Å². The number of aryl methyl sites for hydroxylation is 1. The van der Waals surface area contributed by atoms with Crippen molar-refractivity contribution in [1.29, 1.82) is 0 Å². The molecule has 1 aromatic rings. The minimum absolute atomic E-state index is 0.0659. The van der Waals surface area contributed by atoms with Crippen molar-refractivity contribution < 1.29 is 14.3 Å². The molecular weight excluding hydrogens is 246 g/mol. The molecule has 1 fully saturated rings. The van der Waals surface area contributed by atoms with Crippen LogP contribution in [0.3, 0.4) is 0 Å². The first-order valence-electron chi connectivity index (χ1n) is 6.31. The Morgan fingerprint density at radius 1 is 1.42 bits per heavy atom. The van der Waals surface area contributed by atoms with Gasteiger partial charge in [-0.15, -0.1) is 0 Å². The van der Waals surface area contributed by atoms with E-state index in [0.717, 1.165) is 5.69 Å². The van der Waals surface area contributed by atoms with E-state index in [2.05, 4.69) is 5.10 Å². The largest absolute Gasteiger partial charge is 0.469 e. The number of carbonyl (C=O) groups is 2. The minimum atomic E-state index is -0.245. The van der Waals surface area contributed by atoms with Crippen molar-refractivity contribution in [1.82, 2.24) is 14.7 Å². The molecule has 6 heteroatoms. The normalized spacial score (nSPS) is 22.6. The van der Waals surface area contributed by atoms with Gasteiger partial charge in [0.1, 0.15) is 0 Å². The molecular formula is C13H19N3O3. The van der Waals surface area contributed by atoms with Crippen molar-refractivity contribution >= 4 is 11.9 Å². The maximum absolute atomic E-state index is 12.4. The summed E-state index contributed by atoms with van der Waals surface area (Å²) in [4.78, 5) is 25.7. The van der Waals surface area contributed by atoms with Crippen molar-refractivity contribution in [2.75, 3.05) is 20.2 Å². The zero-order chi connectivity index (χ0) is 14.2. The Balaban J connectivity index is 2.14. The maximum atomic E-state index is 12.4.